The predicted molar refractivity (Wildman–Crippen MR) is 117 cm³/mol. The van der Waals surface area contributed by atoms with Gasteiger partial charge in [-0.2, -0.15) is 0 Å². The molecule has 3 rings (SSSR count). The summed E-state index contributed by atoms with van der Waals surface area (Å²) in [5, 5.41) is 5.83. The number of anilines is 1. The van der Waals surface area contributed by atoms with E-state index < -0.39 is 0 Å². The second kappa shape index (κ2) is 8.81. The monoisotopic (exact) mass is 412 g/mol. The minimum Gasteiger partial charge on any atom is -0.497 e. The van der Waals surface area contributed by atoms with Gasteiger partial charge < -0.3 is 10.1 Å². The van der Waals surface area contributed by atoms with Gasteiger partial charge in [0.1, 0.15) is 16.5 Å². The van der Waals surface area contributed by atoms with Crippen molar-refractivity contribution in [1.29, 1.82) is 0 Å². The number of aromatic nitrogens is 1. The summed E-state index contributed by atoms with van der Waals surface area (Å²) in [5.41, 5.74) is 9.66. The Balaban J connectivity index is 1.58. The van der Waals surface area contributed by atoms with Crippen LogP contribution in [-0.2, 0) is 0 Å². The van der Waals surface area contributed by atoms with Crippen LogP contribution < -0.4 is 20.9 Å². The van der Waals surface area contributed by atoms with Gasteiger partial charge in [-0.1, -0.05) is 12.1 Å². The summed E-state index contributed by atoms with van der Waals surface area (Å²) in [6.07, 6.45) is 0. The van der Waals surface area contributed by atoms with Crippen LogP contribution in [0.15, 0.2) is 47.8 Å². The first-order valence-electron chi connectivity index (χ1n) is 8.51. The molecule has 3 aromatic rings. The Kier molecular flexibility index (Phi) is 6.23. The van der Waals surface area contributed by atoms with E-state index >= 15 is 0 Å². The SMILES string of the molecule is COc1ccc(-c2nc(C(=O)NNC(=S)Nc3cccc(C)c3C)cs2)cc1. The molecule has 0 fully saturated rings. The molecule has 0 aliphatic carbocycles. The molecule has 0 radical (unpaired) electrons. The number of benzene rings is 2. The standard InChI is InChI=1S/C20H20N4O2S2/c1-12-5-4-6-16(13(12)2)22-20(27)24-23-18(25)17-11-28-19(21-17)14-7-9-15(26-3)10-8-14/h4-11H,1-3H3,(H,23,25)(H2,22,24,27). The van der Waals surface area contributed by atoms with Crippen LogP contribution in [0.25, 0.3) is 10.6 Å². The molecule has 0 saturated carbocycles. The van der Waals surface area contributed by atoms with Gasteiger partial charge in [0.15, 0.2) is 5.11 Å². The molecule has 0 aliphatic rings. The quantitative estimate of drug-likeness (QED) is 0.443. The number of rotatable bonds is 4. The molecule has 3 N–H and O–H groups in total. The Morgan fingerprint density at radius 2 is 1.86 bits per heavy atom. The highest BCUT2D eigenvalue weighted by molar-refractivity contribution is 7.80. The third kappa shape index (κ3) is 4.65. The number of aryl methyl sites for hydroxylation is 1. The largest absolute Gasteiger partial charge is 0.497 e. The number of carbonyl (C=O) groups is 1. The Bertz CT molecular complexity index is 1000. The van der Waals surface area contributed by atoms with E-state index in [1.807, 2.05) is 56.3 Å². The topological polar surface area (TPSA) is 75.3 Å². The van der Waals surface area contributed by atoms with Crippen LogP contribution in [0.4, 0.5) is 5.69 Å². The highest BCUT2D eigenvalue weighted by Crippen LogP contribution is 2.25. The van der Waals surface area contributed by atoms with Crippen molar-refractivity contribution in [3.63, 3.8) is 0 Å². The normalized spacial score (nSPS) is 10.2. The van der Waals surface area contributed by atoms with Gasteiger partial charge in [-0.3, -0.25) is 15.6 Å². The number of methoxy groups -OCH3 is 1. The lowest BCUT2D eigenvalue weighted by Gasteiger charge is -2.13. The number of thiazole rings is 1. The van der Waals surface area contributed by atoms with Crippen LogP contribution in [-0.4, -0.2) is 23.1 Å². The van der Waals surface area contributed by atoms with Crippen molar-refractivity contribution in [1.82, 2.24) is 15.8 Å². The Morgan fingerprint density at radius 3 is 2.57 bits per heavy atom. The molecule has 0 unspecified atom stereocenters. The Hall–Kier alpha value is -2.97. The van der Waals surface area contributed by atoms with Crippen molar-refractivity contribution < 1.29 is 9.53 Å². The summed E-state index contributed by atoms with van der Waals surface area (Å²) in [6.45, 7) is 4.04. The summed E-state index contributed by atoms with van der Waals surface area (Å²) in [5.74, 6) is 0.411. The van der Waals surface area contributed by atoms with Crippen LogP contribution in [0.5, 0.6) is 5.75 Å². The third-order valence-corrected chi connectivity index (χ3v) is 5.31. The Morgan fingerprint density at radius 1 is 1.11 bits per heavy atom. The number of thiocarbonyl (C=S) groups is 1. The van der Waals surface area contributed by atoms with Crippen LogP contribution in [0, 0.1) is 13.8 Å². The van der Waals surface area contributed by atoms with Crippen molar-refractivity contribution in [2.75, 3.05) is 12.4 Å². The van der Waals surface area contributed by atoms with E-state index in [4.69, 9.17) is 17.0 Å². The lowest BCUT2D eigenvalue weighted by molar-refractivity contribution is 0.0940. The average molecular weight is 413 g/mol. The molecule has 1 aromatic heterocycles. The van der Waals surface area contributed by atoms with Crippen LogP contribution in [0.1, 0.15) is 21.6 Å². The second-order valence-corrected chi connectivity index (χ2v) is 7.31. The fourth-order valence-corrected chi connectivity index (χ4v) is 3.43. The fraction of sp³-hybridized carbons (Fsp3) is 0.150. The highest BCUT2D eigenvalue weighted by atomic mass is 32.1. The summed E-state index contributed by atoms with van der Waals surface area (Å²) < 4.78 is 5.15. The number of ether oxygens (including phenoxy) is 1. The molecule has 0 spiro atoms. The van der Waals surface area contributed by atoms with Gasteiger partial charge in [0.2, 0.25) is 0 Å². The molecule has 144 valence electrons. The van der Waals surface area contributed by atoms with Gasteiger partial charge >= 0.3 is 0 Å². The minimum absolute atomic E-state index is 0.299. The third-order valence-electron chi connectivity index (χ3n) is 4.22. The van der Waals surface area contributed by atoms with Gasteiger partial charge in [-0.25, -0.2) is 4.98 Å². The predicted octanol–water partition coefficient (Wildman–Crippen LogP) is 4.07. The molecule has 0 bridgehead atoms. The first-order chi connectivity index (χ1) is 13.5. The van der Waals surface area contributed by atoms with Crippen molar-refractivity contribution in [2.45, 2.75) is 13.8 Å². The first-order valence-corrected chi connectivity index (χ1v) is 9.80. The van der Waals surface area contributed by atoms with Crippen LogP contribution >= 0.6 is 23.6 Å². The number of nitrogens with zero attached hydrogens (tertiary/aromatic N) is 1. The van der Waals surface area contributed by atoms with E-state index in [0.717, 1.165) is 33.1 Å². The molecule has 0 atom stereocenters. The molecule has 1 amide bonds. The van der Waals surface area contributed by atoms with Crippen molar-refractivity contribution in [2.24, 2.45) is 0 Å². The number of amides is 1. The van der Waals surface area contributed by atoms with E-state index in [0.29, 0.717) is 10.8 Å². The number of hydrogen-bond acceptors (Lipinski definition) is 5. The van der Waals surface area contributed by atoms with E-state index in [1.54, 1.807) is 12.5 Å². The zero-order valence-electron chi connectivity index (χ0n) is 15.7. The minimum atomic E-state index is -0.360. The zero-order valence-corrected chi connectivity index (χ0v) is 17.3. The van der Waals surface area contributed by atoms with Gasteiger partial charge in [-0.05, 0) is 67.5 Å². The smallest absolute Gasteiger partial charge is 0.289 e. The van der Waals surface area contributed by atoms with Gasteiger partial charge in [0.05, 0.1) is 7.11 Å². The highest BCUT2D eigenvalue weighted by Gasteiger charge is 2.12. The van der Waals surface area contributed by atoms with Crippen molar-refractivity contribution in [3.8, 4) is 16.3 Å². The number of hydrogen-bond donors (Lipinski definition) is 3. The van der Waals surface area contributed by atoms with Crippen molar-refractivity contribution in [3.05, 3.63) is 64.7 Å². The molecule has 8 heteroatoms. The summed E-state index contributed by atoms with van der Waals surface area (Å²) in [6, 6.07) is 13.4. The van der Waals surface area contributed by atoms with Gasteiger partial charge in [-0.15, -0.1) is 11.3 Å². The number of hydrazine groups is 1. The maximum Gasteiger partial charge on any atom is 0.289 e. The second-order valence-electron chi connectivity index (χ2n) is 6.05. The molecule has 28 heavy (non-hydrogen) atoms. The fourth-order valence-electron chi connectivity index (χ4n) is 2.46. The average Bonchev–Trinajstić information content (AvgIpc) is 3.20. The molecule has 6 nitrogen and oxygen atoms in total. The first kappa shape index (κ1) is 19.8. The molecule has 2 aromatic carbocycles. The van der Waals surface area contributed by atoms with E-state index in [-0.39, 0.29) is 5.91 Å². The lowest BCUT2D eigenvalue weighted by Crippen LogP contribution is -2.44. The number of nitrogens with one attached hydrogen (secondary N) is 3. The molecule has 1 heterocycles. The van der Waals surface area contributed by atoms with E-state index in [9.17, 15) is 4.79 Å². The Labute approximate surface area is 172 Å². The van der Waals surface area contributed by atoms with Crippen molar-refractivity contribution >= 4 is 40.3 Å². The van der Waals surface area contributed by atoms with E-state index in [1.165, 1.54) is 11.3 Å². The summed E-state index contributed by atoms with van der Waals surface area (Å²) >= 11 is 6.64. The summed E-state index contributed by atoms with van der Waals surface area (Å²) in [4.78, 5) is 16.7. The molecular weight excluding hydrogens is 392 g/mol. The van der Waals surface area contributed by atoms with Gasteiger partial charge in [0.25, 0.3) is 5.91 Å². The molecular formula is C20H20N4O2S2. The van der Waals surface area contributed by atoms with Crippen LogP contribution in [0.2, 0.25) is 0 Å². The van der Waals surface area contributed by atoms with E-state index in [2.05, 4.69) is 21.2 Å². The number of carbonyl (C=O) groups excluding carboxylic acids is 1. The maximum absolute atomic E-state index is 12.3. The van der Waals surface area contributed by atoms with Crippen LogP contribution in [0.3, 0.4) is 0 Å². The lowest BCUT2D eigenvalue weighted by atomic mass is 10.1. The van der Waals surface area contributed by atoms with Gasteiger partial charge in [0, 0.05) is 16.6 Å². The molecule has 0 aliphatic heterocycles. The zero-order chi connectivity index (χ0) is 20.1. The maximum atomic E-state index is 12.3. The summed E-state index contributed by atoms with van der Waals surface area (Å²) in [7, 11) is 1.62. The molecule has 0 saturated heterocycles.